The Labute approximate surface area is 120 Å². The molecule has 0 spiro atoms. The maximum atomic E-state index is 5.98. The summed E-state index contributed by atoms with van der Waals surface area (Å²) >= 11 is 0. The Morgan fingerprint density at radius 1 is 1.45 bits per heavy atom. The van der Waals surface area contributed by atoms with Gasteiger partial charge in [0.05, 0.1) is 31.6 Å². The second-order valence-electron chi connectivity index (χ2n) is 5.49. The maximum absolute atomic E-state index is 5.98. The monoisotopic (exact) mass is 277 g/mol. The molecule has 0 bridgehead atoms. The molecular weight excluding hydrogens is 254 g/mol. The van der Waals surface area contributed by atoms with Crippen molar-refractivity contribution in [3.8, 4) is 5.88 Å². The van der Waals surface area contributed by atoms with E-state index in [-0.39, 0.29) is 12.1 Å². The van der Waals surface area contributed by atoms with E-state index in [9.17, 15) is 0 Å². The van der Waals surface area contributed by atoms with Crippen LogP contribution in [0.5, 0.6) is 5.88 Å². The molecule has 110 valence electrons. The third kappa shape index (κ3) is 2.80. The van der Waals surface area contributed by atoms with E-state index >= 15 is 0 Å². The SMILES string of the molecule is CNCC1OCCN(C2CC2)C1c1cccc(OC)n1. The van der Waals surface area contributed by atoms with Crippen LogP contribution in [0.25, 0.3) is 0 Å². The Hall–Kier alpha value is -1.17. The third-order valence-electron chi connectivity index (χ3n) is 4.07. The lowest BCUT2D eigenvalue weighted by molar-refractivity contribution is -0.0754. The number of nitrogens with one attached hydrogen (secondary N) is 1. The first-order valence-corrected chi connectivity index (χ1v) is 7.36. The lowest BCUT2D eigenvalue weighted by Gasteiger charge is -2.41. The Morgan fingerprint density at radius 2 is 2.30 bits per heavy atom. The van der Waals surface area contributed by atoms with Gasteiger partial charge in [-0.05, 0) is 26.0 Å². The summed E-state index contributed by atoms with van der Waals surface area (Å²) in [5, 5.41) is 3.23. The molecule has 1 N–H and O–H groups in total. The molecule has 1 saturated heterocycles. The van der Waals surface area contributed by atoms with Crippen molar-refractivity contribution in [1.82, 2.24) is 15.2 Å². The van der Waals surface area contributed by atoms with Crippen LogP contribution in [0.1, 0.15) is 24.6 Å². The number of aromatic nitrogens is 1. The molecule has 20 heavy (non-hydrogen) atoms. The number of nitrogens with zero attached hydrogens (tertiary/aromatic N) is 2. The summed E-state index contributed by atoms with van der Waals surface area (Å²) in [4.78, 5) is 7.20. The number of methoxy groups -OCH3 is 1. The van der Waals surface area contributed by atoms with E-state index in [0.29, 0.717) is 11.9 Å². The van der Waals surface area contributed by atoms with E-state index in [1.54, 1.807) is 7.11 Å². The summed E-state index contributed by atoms with van der Waals surface area (Å²) in [6.45, 7) is 2.64. The molecule has 2 heterocycles. The topological polar surface area (TPSA) is 46.6 Å². The van der Waals surface area contributed by atoms with Gasteiger partial charge in [0.15, 0.2) is 0 Å². The average Bonchev–Trinajstić information content (AvgIpc) is 3.32. The summed E-state index contributed by atoms with van der Waals surface area (Å²) in [5.41, 5.74) is 1.05. The molecule has 3 rings (SSSR count). The highest BCUT2D eigenvalue weighted by Gasteiger charge is 2.41. The van der Waals surface area contributed by atoms with Crippen molar-refractivity contribution >= 4 is 0 Å². The second-order valence-corrected chi connectivity index (χ2v) is 5.49. The highest BCUT2D eigenvalue weighted by atomic mass is 16.5. The molecular formula is C15H23N3O2. The fourth-order valence-corrected chi connectivity index (χ4v) is 3.01. The quantitative estimate of drug-likeness (QED) is 0.876. The van der Waals surface area contributed by atoms with E-state index in [2.05, 4.69) is 21.3 Å². The lowest BCUT2D eigenvalue weighted by atomic mass is 10.0. The predicted octanol–water partition coefficient (Wildman–Crippen LogP) is 1.21. The lowest BCUT2D eigenvalue weighted by Crippen LogP contribution is -2.49. The summed E-state index contributed by atoms with van der Waals surface area (Å²) in [6.07, 6.45) is 2.74. The number of morpholine rings is 1. The fraction of sp³-hybridized carbons (Fsp3) is 0.667. The van der Waals surface area contributed by atoms with Gasteiger partial charge in [0, 0.05) is 25.2 Å². The largest absolute Gasteiger partial charge is 0.481 e. The number of hydrogen-bond donors (Lipinski definition) is 1. The zero-order chi connectivity index (χ0) is 13.9. The van der Waals surface area contributed by atoms with Gasteiger partial charge in [0.1, 0.15) is 0 Å². The van der Waals surface area contributed by atoms with Crippen molar-refractivity contribution in [3.05, 3.63) is 23.9 Å². The van der Waals surface area contributed by atoms with Gasteiger partial charge in [0.2, 0.25) is 5.88 Å². The second kappa shape index (κ2) is 6.08. The van der Waals surface area contributed by atoms with Gasteiger partial charge in [-0.1, -0.05) is 6.07 Å². The molecule has 1 aromatic heterocycles. The zero-order valence-corrected chi connectivity index (χ0v) is 12.2. The standard InChI is InChI=1S/C15H23N3O2/c1-16-10-13-15(12-4-3-5-14(17-12)19-2)18(8-9-20-13)11-6-7-11/h3-5,11,13,15-16H,6-10H2,1-2H3. The molecule has 5 nitrogen and oxygen atoms in total. The Bertz CT molecular complexity index is 448. The van der Waals surface area contributed by atoms with Crippen LogP contribution in [0.3, 0.4) is 0 Å². The maximum Gasteiger partial charge on any atom is 0.213 e. The summed E-state index contributed by atoms with van der Waals surface area (Å²) < 4.78 is 11.2. The van der Waals surface area contributed by atoms with E-state index in [0.717, 1.165) is 25.4 Å². The van der Waals surface area contributed by atoms with Crippen molar-refractivity contribution < 1.29 is 9.47 Å². The first-order chi connectivity index (χ1) is 9.83. The van der Waals surface area contributed by atoms with Gasteiger partial charge in [-0.25, -0.2) is 4.98 Å². The molecule has 0 radical (unpaired) electrons. The Balaban J connectivity index is 1.89. The van der Waals surface area contributed by atoms with Crippen molar-refractivity contribution in [2.24, 2.45) is 0 Å². The minimum absolute atomic E-state index is 0.147. The highest BCUT2D eigenvalue weighted by molar-refractivity contribution is 5.20. The molecule has 2 unspecified atom stereocenters. The van der Waals surface area contributed by atoms with Gasteiger partial charge in [0.25, 0.3) is 0 Å². The normalized spacial score (nSPS) is 27.5. The number of pyridine rings is 1. The van der Waals surface area contributed by atoms with E-state index in [4.69, 9.17) is 9.47 Å². The smallest absolute Gasteiger partial charge is 0.213 e. The summed E-state index contributed by atoms with van der Waals surface area (Å²) in [7, 11) is 3.63. The third-order valence-corrected chi connectivity index (χ3v) is 4.07. The number of rotatable bonds is 5. The average molecular weight is 277 g/mol. The number of ether oxygens (including phenoxy) is 2. The molecule has 1 aromatic rings. The molecule has 2 aliphatic rings. The van der Waals surface area contributed by atoms with Crippen LogP contribution in [0.2, 0.25) is 0 Å². The van der Waals surface area contributed by atoms with E-state index in [1.807, 2.05) is 19.2 Å². The van der Waals surface area contributed by atoms with Crippen LogP contribution in [0, 0.1) is 0 Å². The molecule has 0 aromatic carbocycles. The van der Waals surface area contributed by atoms with Gasteiger partial charge in [-0.2, -0.15) is 0 Å². The van der Waals surface area contributed by atoms with Crippen molar-refractivity contribution in [2.45, 2.75) is 31.0 Å². The Morgan fingerprint density at radius 3 is 3.00 bits per heavy atom. The number of likely N-dealkylation sites (N-methyl/N-ethyl adjacent to an activating group) is 1. The molecule has 1 aliphatic heterocycles. The van der Waals surface area contributed by atoms with Gasteiger partial charge >= 0.3 is 0 Å². The van der Waals surface area contributed by atoms with Crippen molar-refractivity contribution in [2.75, 3.05) is 33.9 Å². The molecule has 2 fully saturated rings. The molecule has 5 heteroatoms. The van der Waals surface area contributed by atoms with Crippen LogP contribution in [-0.4, -0.2) is 55.9 Å². The van der Waals surface area contributed by atoms with Crippen LogP contribution >= 0.6 is 0 Å². The van der Waals surface area contributed by atoms with Crippen molar-refractivity contribution in [1.29, 1.82) is 0 Å². The van der Waals surface area contributed by atoms with Gasteiger partial charge in [-0.3, -0.25) is 4.90 Å². The molecule has 2 atom stereocenters. The van der Waals surface area contributed by atoms with Crippen LogP contribution < -0.4 is 10.1 Å². The summed E-state index contributed by atoms with van der Waals surface area (Å²) in [5.74, 6) is 0.673. The van der Waals surface area contributed by atoms with Crippen molar-refractivity contribution in [3.63, 3.8) is 0 Å². The zero-order valence-electron chi connectivity index (χ0n) is 12.2. The Kier molecular flexibility index (Phi) is 4.19. The molecule has 1 aliphatic carbocycles. The van der Waals surface area contributed by atoms with Crippen LogP contribution in [-0.2, 0) is 4.74 Å². The number of hydrogen-bond acceptors (Lipinski definition) is 5. The predicted molar refractivity (Wildman–Crippen MR) is 76.9 cm³/mol. The van der Waals surface area contributed by atoms with Gasteiger partial charge in [-0.15, -0.1) is 0 Å². The van der Waals surface area contributed by atoms with Gasteiger partial charge < -0.3 is 14.8 Å². The van der Waals surface area contributed by atoms with Crippen LogP contribution in [0.4, 0.5) is 0 Å². The molecule has 1 saturated carbocycles. The van der Waals surface area contributed by atoms with Crippen LogP contribution in [0.15, 0.2) is 18.2 Å². The minimum atomic E-state index is 0.147. The first kappa shape index (κ1) is 13.8. The minimum Gasteiger partial charge on any atom is -0.481 e. The first-order valence-electron chi connectivity index (χ1n) is 7.36. The fourth-order valence-electron chi connectivity index (χ4n) is 3.01. The van der Waals surface area contributed by atoms with E-state index in [1.165, 1.54) is 12.8 Å². The molecule has 0 amide bonds. The highest BCUT2D eigenvalue weighted by Crippen LogP contribution is 2.38. The van der Waals surface area contributed by atoms with E-state index < -0.39 is 0 Å². The summed E-state index contributed by atoms with van der Waals surface area (Å²) in [6, 6.07) is 6.91.